The van der Waals surface area contributed by atoms with Crippen molar-refractivity contribution in [3.63, 3.8) is 0 Å². The van der Waals surface area contributed by atoms with E-state index in [0.717, 1.165) is 11.1 Å². The molecule has 1 aliphatic heterocycles. The lowest BCUT2D eigenvalue weighted by Gasteiger charge is -2.36. The molecule has 0 radical (unpaired) electrons. The molecular formula is C19H20ClFN4O3. The number of amides is 1. The number of rotatable bonds is 5. The molecule has 1 atom stereocenters. The van der Waals surface area contributed by atoms with E-state index in [1.807, 2.05) is 6.07 Å². The van der Waals surface area contributed by atoms with Crippen molar-refractivity contribution in [2.45, 2.75) is 18.9 Å². The number of aromatic nitrogens is 2. The molecule has 0 bridgehead atoms. The molecular weight excluding hydrogens is 387 g/mol. The van der Waals surface area contributed by atoms with Gasteiger partial charge in [0.25, 0.3) is 0 Å². The molecule has 0 saturated carbocycles. The predicted molar refractivity (Wildman–Crippen MR) is 101 cm³/mol. The van der Waals surface area contributed by atoms with Crippen molar-refractivity contribution in [3.05, 3.63) is 60.1 Å². The number of nitrogens with one attached hydrogen (secondary N) is 1. The first-order valence-electron chi connectivity index (χ1n) is 8.81. The Labute approximate surface area is 167 Å². The molecule has 1 N–H and O–H groups in total. The zero-order valence-corrected chi connectivity index (χ0v) is 15.8. The standard InChI is InChI=1S/C19H19FN4O3.ClH/c20-15-3-1-2-13(10-15)16-11-21-7-8-24(16)18(25)5-4-17-22-19(23-27-17)14-6-9-26-12-14;/h1-3,6,9-10,12,16,21H,4-5,7-8,11H2;1H. The Morgan fingerprint density at radius 2 is 2.25 bits per heavy atom. The molecule has 1 aliphatic rings. The lowest BCUT2D eigenvalue weighted by atomic mass is 10.0. The summed E-state index contributed by atoms with van der Waals surface area (Å²) < 4.78 is 23.8. The Bertz CT molecular complexity index is 916. The third-order valence-electron chi connectivity index (χ3n) is 4.60. The van der Waals surface area contributed by atoms with E-state index in [9.17, 15) is 9.18 Å². The monoisotopic (exact) mass is 406 g/mol. The van der Waals surface area contributed by atoms with Crippen LogP contribution in [0.4, 0.5) is 4.39 Å². The Morgan fingerprint density at radius 1 is 1.36 bits per heavy atom. The summed E-state index contributed by atoms with van der Waals surface area (Å²) in [7, 11) is 0. The molecule has 1 saturated heterocycles. The molecule has 0 spiro atoms. The Balaban J connectivity index is 0.00000225. The van der Waals surface area contributed by atoms with Crippen molar-refractivity contribution in [1.82, 2.24) is 20.4 Å². The number of carbonyl (C=O) groups excluding carboxylic acids is 1. The van der Waals surface area contributed by atoms with Gasteiger partial charge in [-0.05, 0) is 23.8 Å². The van der Waals surface area contributed by atoms with Crippen LogP contribution in [-0.4, -0.2) is 40.6 Å². The first-order valence-corrected chi connectivity index (χ1v) is 8.81. The minimum Gasteiger partial charge on any atom is -0.472 e. The largest absolute Gasteiger partial charge is 0.472 e. The Morgan fingerprint density at radius 3 is 3.04 bits per heavy atom. The fourth-order valence-corrected chi connectivity index (χ4v) is 3.24. The fraction of sp³-hybridized carbons (Fsp3) is 0.316. The van der Waals surface area contributed by atoms with Gasteiger partial charge in [-0.3, -0.25) is 4.79 Å². The van der Waals surface area contributed by atoms with Gasteiger partial charge in [-0.1, -0.05) is 17.3 Å². The van der Waals surface area contributed by atoms with Gasteiger partial charge >= 0.3 is 0 Å². The van der Waals surface area contributed by atoms with E-state index in [1.165, 1.54) is 24.7 Å². The lowest BCUT2D eigenvalue weighted by molar-refractivity contribution is -0.134. The van der Waals surface area contributed by atoms with Gasteiger partial charge in [0, 0.05) is 32.5 Å². The number of aryl methyl sites for hydroxylation is 1. The van der Waals surface area contributed by atoms with Crippen LogP contribution in [0, 0.1) is 5.82 Å². The van der Waals surface area contributed by atoms with Gasteiger partial charge in [0.2, 0.25) is 17.6 Å². The maximum absolute atomic E-state index is 13.6. The van der Waals surface area contributed by atoms with E-state index in [0.29, 0.717) is 37.8 Å². The average Bonchev–Trinajstić information content (AvgIpc) is 3.38. The summed E-state index contributed by atoms with van der Waals surface area (Å²) in [5.41, 5.74) is 1.51. The number of hydrogen-bond donors (Lipinski definition) is 1. The molecule has 4 rings (SSSR count). The molecule has 9 heteroatoms. The van der Waals surface area contributed by atoms with Crippen molar-refractivity contribution in [2.75, 3.05) is 19.6 Å². The number of nitrogens with zero attached hydrogens (tertiary/aromatic N) is 3. The molecule has 0 aliphatic carbocycles. The third kappa shape index (κ3) is 4.40. The lowest BCUT2D eigenvalue weighted by Crippen LogP contribution is -2.48. The zero-order chi connectivity index (χ0) is 18.6. The van der Waals surface area contributed by atoms with E-state index in [4.69, 9.17) is 8.94 Å². The third-order valence-corrected chi connectivity index (χ3v) is 4.60. The number of benzene rings is 1. The van der Waals surface area contributed by atoms with E-state index in [1.54, 1.807) is 17.0 Å². The van der Waals surface area contributed by atoms with Crippen molar-refractivity contribution in [1.29, 1.82) is 0 Å². The highest BCUT2D eigenvalue weighted by atomic mass is 35.5. The zero-order valence-electron chi connectivity index (χ0n) is 15.0. The van der Waals surface area contributed by atoms with Crippen LogP contribution in [0.5, 0.6) is 0 Å². The summed E-state index contributed by atoms with van der Waals surface area (Å²) in [6, 6.07) is 7.94. The van der Waals surface area contributed by atoms with Crippen LogP contribution in [0.1, 0.15) is 23.9 Å². The average molecular weight is 407 g/mol. The summed E-state index contributed by atoms with van der Waals surface area (Å²) in [4.78, 5) is 18.9. The van der Waals surface area contributed by atoms with Crippen LogP contribution in [-0.2, 0) is 11.2 Å². The van der Waals surface area contributed by atoms with Crippen molar-refractivity contribution in [2.24, 2.45) is 0 Å². The molecule has 28 heavy (non-hydrogen) atoms. The quantitative estimate of drug-likeness (QED) is 0.701. The molecule has 148 valence electrons. The highest BCUT2D eigenvalue weighted by Crippen LogP contribution is 2.24. The van der Waals surface area contributed by atoms with Crippen molar-refractivity contribution < 1.29 is 18.1 Å². The molecule has 3 heterocycles. The topological polar surface area (TPSA) is 84.4 Å². The van der Waals surface area contributed by atoms with Crippen LogP contribution in [0.2, 0.25) is 0 Å². The summed E-state index contributed by atoms with van der Waals surface area (Å²) in [5, 5.41) is 7.16. The molecule has 1 unspecified atom stereocenters. The Hall–Kier alpha value is -2.71. The van der Waals surface area contributed by atoms with Crippen LogP contribution in [0.3, 0.4) is 0 Å². The van der Waals surface area contributed by atoms with E-state index >= 15 is 0 Å². The number of furan rings is 1. The summed E-state index contributed by atoms with van der Waals surface area (Å²) in [6.07, 6.45) is 3.66. The summed E-state index contributed by atoms with van der Waals surface area (Å²) >= 11 is 0. The van der Waals surface area contributed by atoms with Gasteiger partial charge in [0.15, 0.2) is 0 Å². The molecule has 2 aromatic heterocycles. The maximum atomic E-state index is 13.6. The summed E-state index contributed by atoms with van der Waals surface area (Å²) in [6.45, 7) is 1.88. The smallest absolute Gasteiger partial charge is 0.227 e. The minimum atomic E-state index is -0.303. The maximum Gasteiger partial charge on any atom is 0.227 e. The fourth-order valence-electron chi connectivity index (χ4n) is 3.24. The molecule has 1 aromatic carbocycles. The highest BCUT2D eigenvalue weighted by molar-refractivity contribution is 5.85. The van der Waals surface area contributed by atoms with Gasteiger partial charge in [0.1, 0.15) is 12.1 Å². The number of carbonyl (C=O) groups is 1. The minimum absolute atomic E-state index is 0. The van der Waals surface area contributed by atoms with Gasteiger partial charge in [-0.25, -0.2) is 4.39 Å². The normalized spacial score (nSPS) is 16.6. The van der Waals surface area contributed by atoms with E-state index in [2.05, 4.69) is 15.5 Å². The first-order chi connectivity index (χ1) is 13.2. The van der Waals surface area contributed by atoms with Gasteiger partial charge in [-0.2, -0.15) is 4.98 Å². The van der Waals surface area contributed by atoms with Gasteiger partial charge in [0.05, 0.1) is 17.9 Å². The number of hydrogen-bond acceptors (Lipinski definition) is 6. The number of piperazine rings is 1. The molecule has 1 amide bonds. The van der Waals surface area contributed by atoms with Crippen LogP contribution >= 0.6 is 12.4 Å². The van der Waals surface area contributed by atoms with Gasteiger partial charge < -0.3 is 19.2 Å². The Kier molecular flexibility index (Phi) is 6.43. The second-order valence-corrected chi connectivity index (χ2v) is 6.39. The first kappa shape index (κ1) is 20.0. The van der Waals surface area contributed by atoms with Crippen LogP contribution < -0.4 is 5.32 Å². The van der Waals surface area contributed by atoms with Gasteiger partial charge in [-0.15, -0.1) is 12.4 Å². The number of halogens is 2. The second-order valence-electron chi connectivity index (χ2n) is 6.39. The van der Waals surface area contributed by atoms with Crippen molar-refractivity contribution >= 4 is 18.3 Å². The van der Waals surface area contributed by atoms with E-state index < -0.39 is 0 Å². The molecule has 7 nitrogen and oxygen atoms in total. The molecule has 1 fully saturated rings. The highest BCUT2D eigenvalue weighted by Gasteiger charge is 2.28. The van der Waals surface area contributed by atoms with Crippen LogP contribution in [0.25, 0.3) is 11.4 Å². The predicted octanol–water partition coefficient (Wildman–Crippen LogP) is 3.00. The second kappa shape index (κ2) is 8.99. The molecule has 3 aromatic rings. The SMILES string of the molecule is Cl.O=C(CCc1nc(-c2ccoc2)no1)N1CCNCC1c1cccc(F)c1. The summed E-state index contributed by atoms with van der Waals surface area (Å²) in [5.74, 6) is 0.514. The van der Waals surface area contributed by atoms with Crippen molar-refractivity contribution in [3.8, 4) is 11.4 Å². The van der Waals surface area contributed by atoms with E-state index in [-0.39, 0.29) is 36.6 Å². The van der Waals surface area contributed by atoms with Crippen LogP contribution in [0.15, 0.2) is 51.8 Å².